The molecule has 2 atom stereocenters. The number of rotatable bonds is 13. The van der Waals surface area contributed by atoms with Crippen LogP contribution in [0.3, 0.4) is 0 Å². The monoisotopic (exact) mass is 640 g/mol. The van der Waals surface area contributed by atoms with E-state index in [4.69, 9.17) is 15.0 Å². The van der Waals surface area contributed by atoms with E-state index in [0.29, 0.717) is 22.6 Å². The van der Waals surface area contributed by atoms with E-state index in [9.17, 15) is 24.4 Å². The second-order valence-corrected chi connectivity index (χ2v) is 12.7. The van der Waals surface area contributed by atoms with Crippen LogP contribution in [0, 0.1) is 31.1 Å². The lowest BCUT2D eigenvalue weighted by atomic mass is 9.91. The third-order valence-corrected chi connectivity index (χ3v) is 7.49. The van der Waals surface area contributed by atoms with E-state index in [1.165, 1.54) is 6.08 Å². The van der Waals surface area contributed by atoms with Gasteiger partial charge in [-0.15, -0.1) is 0 Å². The van der Waals surface area contributed by atoms with Crippen LogP contribution in [0.15, 0.2) is 58.6 Å². The average Bonchev–Trinajstić information content (AvgIpc) is 3.77. The lowest BCUT2D eigenvalue weighted by Crippen LogP contribution is -2.51. The highest BCUT2D eigenvalue weighted by atomic mass is 16.5. The molecule has 0 saturated heterocycles. The standard InChI is InChI=1S/C35H40N6O6/c1-20-9-11-22(12-10-20)18-38-33(44)27(39-34(45)29(24-13-14-24)28-21(2)47-41-30(28)31(37)42)19-46-26-8-6-7-23(16-26)15-25(17-36)32(43)40-35(3,4)5/h6-12,15-16,24,27,29H,13-14,18-19H2,1-5H3,(H2,37,42)(H,38,44)(H,39,45)(H,40,43)/t27-,29-/m0/s1. The van der Waals surface area contributed by atoms with Gasteiger partial charge in [0.15, 0.2) is 5.69 Å². The Labute approximate surface area is 273 Å². The number of nitriles is 1. The van der Waals surface area contributed by atoms with Crippen LogP contribution in [-0.4, -0.2) is 47.0 Å². The van der Waals surface area contributed by atoms with Crippen molar-refractivity contribution in [3.8, 4) is 11.8 Å². The molecule has 1 aliphatic rings. The Morgan fingerprint density at radius 3 is 2.43 bits per heavy atom. The molecule has 0 radical (unpaired) electrons. The summed E-state index contributed by atoms with van der Waals surface area (Å²) in [7, 11) is 0. The Hall–Kier alpha value is -5.44. The number of carbonyl (C=O) groups excluding carboxylic acids is 4. The highest BCUT2D eigenvalue weighted by Crippen LogP contribution is 2.44. The molecule has 4 rings (SSSR count). The van der Waals surface area contributed by atoms with Crippen molar-refractivity contribution >= 4 is 29.7 Å². The lowest BCUT2D eigenvalue weighted by Gasteiger charge is -2.23. The molecule has 2 aromatic carbocycles. The highest BCUT2D eigenvalue weighted by molar-refractivity contribution is 6.02. The van der Waals surface area contributed by atoms with Gasteiger partial charge in [0, 0.05) is 17.6 Å². The first-order valence-corrected chi connectivity index (χ1v) is 15.3. The van der Waals surface area contributed by atoms with Gasteiger partial charge in [0.1, 0.15) is 35.8 Å². The molecule has 12 heteroatoms. The van der Waals surface area contributed by atoms with E-state index in [2.05, 4.69) is 21.1 Å². The molecule has 47 heavy (non-hydrogen) atoms. The maximum Gasteiger partial charge on any atom is 0.271 e. The van der Waals surface area contributed by atoms with Gasteiger partial charge in [-0.1, -0.05) is 47.1 Å². The normalized spacial score (nSPS) is 14.3. The van der Waals surface area contributed by atoms with Gasteiger partial charge >= 0.3 is 0 Å². The van der Waals surface area contributed by atoms with Gasteiger partial charge in [0.2, 0.25) is 11.8 Å². The fourth-order valence-electron chi connectivity index (χ4n) is 4.99. The molecule has 4 amide bonds. The number of benzene rings is 2. The first-order chi connectivity index (χ1) is 22.3. The Balaban J connectivity index is 1.55. The van der Waals surface area contributed by atoms with Crippen molar-refractivity contribution in [1.29, 1.82) is 5.26 Å². The number of aryl methyl sites for hydroxylation is 2. The summed E-state index contributed by atoms with van der Waals surface area (Å²) in [6, 6.07) is 15.2. The van der Waals surface area contributed by atoms with Crippen molar-refractivity contribution in [2.24, 2.45) is 11.7 Å². The molecule has 246 valence electrons. The summed E-state index contributed by atoms with van der Waals surface area (Å²) >= 11 is 0. The molecule has 5 N–H and O–H groups in total. The molecule has 0 unspecified atom stereocenters. The molecule has 1 aliphatic carbocycles. The Morgan fingerprint density at radius 2 is 1.81 bits per heavy atom. The molecule has 12 nitrogen and oxygen atoms in total. The van der Waals surface area contributed by atoms with Crippen molar-refractivity contribution in [1.82, 2.24) is 21.1 Å². The SMILES string of the molecule is Cc1ccc(CNC(=O)[C@H](COc2cccc(C=C(C#N)C(=O)NC(C)(C)C)c2)NC(=O)[C@H](c2c(C(N)=O)noc2C)C2CC2)cc1. The van der Waals surface area contributed by atoms with E-state index in [1.807, 2.05) is 58.0 Å². The molecule has 1 heterocycles. The first-order valence-electron chi connectivity index (χ1n) is 15.3. The zero-order valence-electron chi connectivity index (χ0n) is 27.2. The summed E-state index contributed by atoms with van der Waals surface area (Å²) < 4.78 is 11.2. The molecule has 0 aliphatic heterocycles. The van der Waals surface area contributed by atoms with Gasteiger partial charge in [-0.05, 0) is 82.7 Å². The van der Waals surface area contributed by atoms with Crippen LogP contribution in [0.5, 0.6) is 5.75 Å². The summed E-state index contributed by atoms with van der Waals surface area (Å²) in [5.74, 6) is -2.50. The fourth-order valence-corrected chi connectivity index (χ4v) is 4.99. The zero-order valence-corrected chi connectivity index (χ0v) is 27.2. The third kappa shape index (κ3) is 9.53. The van der Waals surface area contributed by atoms with Gasteiger partial charge in [0.25, 0.3) is 11.8 Å². The van der Waals surface area contributed by atoms with Crippen LogP contribution >= 0.6 is 0 Å². The Bertz CT molecular complexity index is 1710. The molecule has 0 spiro atoms. The van der Waals surface area contributed by atoms with Gasteiger partial charge in [-0.2, -0.15) is 5.26 Å². The number of carbonyl (C=O) groups is 4. The summed E-state index contributed by atoms with van der Waals surface area (Å²) in [6.07, 6.45) is 2.94. The number of nitrogens with zero attached hydrogens (tertiary/aromatic N) is 2. The number of hydrogen-bond acceptors (Lipinski definition) is 8. The fraction of sp³-hybridized carbons (Fsp3) is 0.371. The average molecular weight is 641 g/mol. The van der Waals surface area contributed by atoms with E-state index in [1.54, 1.807) is 31.2 Å². The van der Waals surface area contributed by atoms with Crippen LogP contribution in [0.25, 0.3) is 6.08 Å². The van der Waals surface area contributed by atoms with Crippen LogP contribution in [0.4, 0.5) is 0 Å². The minimum atomic E-state index is -1.13. The highest BCUT2D eigenvalue weighted by Gasteiger charge is 2.43. The number of aromatic nitrogens is 1. The maximum atomic E-state index is 13.8. The topological polar surface area (TPSA) is 189 Å². The van der Waals surface area contributed by atoms with Crippen LogP contribution in [-0.2, 0) is 20.9 Å². The molecule has 1 fully saturated rings. The van der Waals surface area contributed by atoms with Crippen LogP contribution < -0.4 is 26.4 Å². The van der Waals surface area contributed by atoms with Crippen molar-refractivity contribution < 1.29 is 28.4 Å². The quantitative estimate of drug-likeness (QED) is 0.161. The van der Waals surface area contributed by atoms with Gasteiger partial charge < -0.3 is 30.9 Å². The second-order valence-electron chi connectivity index (χ2n) is 12.7. The third-order valence-electron chi connectivity index (χ3n) is 7.49. The summed E-state index contributed by atoms with van der Waals surface area (Å²) in [4.78, 5) is 52.0. The van der Waals surface area contributed by atoms with E-state index in [-0.39, 0.29) is 30.3 Å². The Morgan fingerprint density at radius 1 is 1.11 bits per heavy atom. The van der Waals surface area contributed by atoms with Crippen molar-refractivity contribution in [2.75, 3.05) is 6.61 Å². The minimum Gasteiger partial charge on any atom is -0.491 e. The van der Waals surface area contributed by atoms with Gasteiger partial charge in [0.05, 0.1) is 5.92 Å². The second kappa shape index (κ2) is 14.8. The predicted octanol–water partition coefficient (Wildman–Crippen LogP) is 3.59. The summed E-state index contributed by atoms with van der Waals surface area (Å²) in [6.45, 7) is 9.01. The molecule has 1 saturated carbocycles. The molecule has 0 bridgehead atoms. The first kappa shape index (κ1) is 34.4. The van der Waals surface area contributed by atoms with E-state index < -0.39 is 41.1 Å². The number of ether oxygens (including phenoxy) is 1. The number of amides is 4. The number of nitrogens with two attached hydrogens (primary N) is 1. The lowest BCUT2D eigenvalue weighted by molar-refractivity contribution is -0.130. The van der Waals surface area contributed by atoms with Crippen LogP contribution in [0.2, 0.25) is 0 Å². The predicted molar refractivity (Wildman–Crippen MR) is 174 cm³/mol. The van der Waals surface area contributed by atoms with Gasteiger partial charge in [-0.3, -0.25) is 19.2 Å². The van der Waals surface area contributed by atoms with E-state index >= 15 is 0 Å². The van der Waals surface area contributed by atoms with Gasteiger partial charge in [-0.25, -0.2) is 0 Å². The zero-order chi connectivity index (χ0) is 34.3. The summed E-state index contributed by atoms with van der Waals surface area (Å²) in [5.41, 5.74) is 7.62. The van der Waals surface area contributed by atoms with Crippen molar-refractivity contribution in [2.45, 2.75) is 71.5 Å². The maximum absolute atomic E-state index is 13.8. The smallest absolute Gasteiger partial charge is 0.271 e. The van der Waals surface area contributed by atoms with Crippen molar-refractivity contribution in [3.63, 3.8) is 0 Å². The summed E-state index contributed by atoms with van der Waals surface area (Å²) in [5, 5.41) is 21.8. The van der Waals surface area contributed by atoms with Crippen LogP contribution in [0.1, 0.15) is 78.0 Å². The molecular formula is C35H40N6O6. The minimum absolute atomic E-state index is 0.0725. The van der Waals surface area contributed by atoms with E-state index in [0.717, 1.165) is 24.0 Å². The van der Waals surface area contributed by atoms with Crippen molar-refractivity contribution in [3.05, 3.63) is 87.8 Å². The number of primary amides is 1. The molecule has 1 aromatic heterocycles. The number of nitrogens with one attached hydrogen (secondary N) is 3. The molecular weight excluding hydrogens is 600 g/mol. The molecule has 3 aromatic rings. The number of hydrogen-bond donors (Lipinski definition) is 4. The largest absolute Gasteiger partial charge is 0.491 e. The Kier molecular flexibility index (Phi) is 10.8.